The molecular weight excluding hydrogens is 389 g/mol. The Morgan fingerprint density at radius 2 is 1.97 bits per heavy atom. The van der Waals surface area contributed by atoms with Gasteiger partial charge >= 0.3 is 5.97 Å². The number of methoxy groups -OCH3 is 1. The first-order chi connectivity index (χ1) is 14.6. The van der Waals surface area contributed by atoms with Crippen LogP contribution in [0.5, 0.6) is 5.75 Å². The summed E-state index contributed by atoms with van der Waals surface area (Å²) < 4.78 is 26.1. The minimum Gasteiger partial charge on any atom is -0.497 e. The molecule has 2 aromatic rings. The van der Waals surface area contributed by atoms with Crippen LogP contribution in [-0.2, 0) is 19.2 Å². The van der Waals surface area contributed by atoms with Crippen LogP contribution in [-0.4, -0.2) is 26.0 Å². The highest BCUT2D eigenvalue weighted by Crippen LogP contribution is 2.44. The summed E-state index contributed by atoms with van der Waals surface area (Å²) in [7, 11) is 1.57. The Morgan fingerprint density at radius 1 is 1.20 bits per heavy atom. The van der Waals surface area contributed by atoms with Gasteiger partial charge in [-0.1, -0.05) is 25.1 Å². The van der Waals surface area contributed by atoms with Gasteiger partial charge in [0.1, 0.15) is 24.0 Å². The number of carbonyl (C=O) groups excluding carboxylic acids is 2. The van der Waals surface area contributed by atoms with Crippen molar-refractivity contribution in [2.45, 2.75) is 32.3 Å². The average Bonchev–Trinajstić information content (AvgIpc) is 2.75. The highest BCUT2D eigenvalue weighted by Gasteiger charge is 2.33. The molecule has 1 unspecified atom stereocenters. The van der Waals surface area contributed by atoms with Gasteiger partial charge in [0.15, 0.2) is 0 Å². The molecule has 7 heteroatoms. The van der Waals surface area contributed by atoms with Crippen molar-refractivity contribution in [2.24, 2.45) is 0 Å². The van der Waals surface area contributed by atoms with Crippen LogP contribution in [0.25, 0.3) is 5.57 Å². The largest absolute Gasteiger partial charge is 0.497 e. The summed E-state index contributed by atoms with van der Waals surface area (Å²) in [5.74, 6) is -0.232. The van der Waals surface area contributed by atoms with E-state index >= 15 is 0 Å². The number of fused-ring (bicyclic) bond motifs is 1. The predicted octanol–water partition coefficient (Wildman–Crippen LogP) is 4.60. The van der Waals surface area contributed by atoms with Gasteiger partial charge in [-0.05, 0) is 36.2 Å². The molecule has 1 heterocycles. The summed E-state index contributed by atoms with van der Waals surface area (Å²) in [4.78, 5) is 28.4. The molecular formula is C23H24FNO5. The van der Waals surface area contributed by atoms with Crippen molar-refractivity contribution in [1.29, 1.82) is 0 Å². The molecule has 0 bridgehead atoms. The third-order valence-corrected chi connectivity index (χ3v) is 4.67. The van der Waals surface area contributed by atoms with E-state index in [2.05, 4.69) is 0 Å². The second kappa shape index (κ2) is 10.0. The van der Waals surface area contributed by atoms with Crippen LogP contribution in [0.2, 0.25) is 0 Å². The summed E-state index contributed by atoms with van der Waals surface area (Å²) in [6.07, 6.45) is 2.67. The molecule has 3 rings (SSSR count). The lowest BCUT2D eigenvalue weighted by atomic mass is 9.91. The van der Waals surface area contributed by atoms with Crippen LogP contribution in [0, 0.1) is 5.82 Å². The first kappa shape index (κ1) is 21.5. The van der Waals surface area contributed by atoms with E-state index in [0.29, 0.717) is 23.4 Å². The van der Waals surface area contributed by atoms with Crippen molar-refractivity contribution >= 4 is 23.5 Å². The fourth-order valence-corrected chi connectivity index (χ4v) is 3.25. The molecule has 30 heavy (non-hydrogen) atoms. The number of halogens is 1. The van der Waals surface area contributed by atoms with E-state index in [-0.39, 0.29) is 25.0 Å². The summed E-state index contributed by atoms with van der Waals surface area (Å²) in [5, 5.41) is 1.29. The van der Waals surface area contributed by atoms with E-state index in [0.717, 1.165) is 11.8 Å². The number of aldehydes is 1. The third kappa shape index (κ3) is 4.68. The second-order valence-electron chi connectivity index (χ2n) is 6.73. The lowest BCUT2D eigenvalue weighted by Crippen LogP contribution is -2.29. The van der Waals surface area contributed by atoms with Gasteiger partial charge in [0.25, 0.3) is 0 Å². The van der Waals surface area contributed by atoms with Gasteiger partial charge in [-0.15, -0.1) is 0 Å². The zero-order valence-electron chi connectivity index (χ0n) is 17.0. The van der Waals surface area contributed by atoms with Gasteiger partial charge in [-0.2, -0.15) is 5.06 Å². The number of benzene rings is 2. The van der Waals surface area contributed by atoms with Crippen LogP contribution in [0.1, 0.15) is 43.4 Å². The number of hydrogen-bond acceptors (Lipinski definition) is 6. The SMILES string of the molecule is CCCC(=O)ON1C=C(c2ccc(OC)cc2)C(OCCC=O)c2c(F)cccc21. The molecule has 1 aliphatic heterocycles. The molecule has 0 fully saturated rings. The molecule has 0 spiro atoms. The Hall–Kier alpha value is -3.19. The Balaban J connectivity index is 2.08. The summed E-state index contributed by atoms with van der Waals surface area (Å²) in [6, 6.07) is 11.7. The maximum Gasteiger partial charge on any atom is 0.332 e. The number of anilines is 1. The number of hydrogen-bond donors (Lipinski definition) is 0. The van der Waals surface area contributed by atoms with Gasteiger partial charge in [0.05, 0.1) is 25.6 Å². The normalized spacial score (nSPS) is 15.2. The summed E-state index contributed by atoms with van der Waals surface area (Å²) in [6.45, 7) is 2.01. The zero-order valence-corrected chi connectivity index (χ0v) is 17.0. The van der Waals surface area contributed by atoms with Gasteiger partial charge in [-0.25, -0.2) is 9.18 Å². The minimum absolute atomic E-state index is 0.130. The number of ether oxygens (including phenoxy) is 2. The second-order valence-corrected chi connectivity index (χ2v) is 6.73. The Kier molecular flexibility index (Phi) is 7.19. The first-order valence-corrected chi connectivity index (χ1v) is 9.78. The summed E-state index contributed by atoms with van der Waals surface area (Å²) in [5.41, 5.74) is 1.98. The van der Waals surface area contributed by atoms with Crippen LogP contribution >= 0.6 is 0 Å². The Morgan fingerprint density at radius 3 is 2.63 bits per heavy atom. The monoisotopic (exact) mass is 413 g/mol. The van der Waals surface area contributed by atoms with Crippen LogP contribution in [0.15, 0.2) is 48.7 Å². The smallest absolute Gasteiger partial charge is 0.332 e. The van der Waals surface area contributed by atoms with E-state index in [9.17, 15) is 14.0 Å². The van der Waals surface area contributed by atoms with Crippen molar-refractivity contribution in [3.8, 4) is 5.75 Å². The van der Waals surface area contributed by atoms with Crippen molar-refractivity contribution in [2.75, 3.05) is 18.8 Å². The highest BCUT2D eigenvalue weighted by molar-refractivity contribution is 5.81. The van der Waals surface area contributed by atoms with Crippen molar-refractivity contribution in [1.82, 2.24) is 0 Å². The lowest BCUT2D eigenvalue weighted by Gasteiger charge is -2.33. The van der Waals surface area contributed by atoms with Crippen LogP contribution in [0.3, 0.4) is 0 Å². The fraction of sp³-hybridized carbons (Fsp3) is 0.304. The maximum atomic E-state index is 14.9. The maximum absolute atomic E-state index is 14.9. The number of nitrogens with zero attached hydrogens (tertiary/aromatic N) is 1. The highest BCUT2D eigenvalue weighted by atomic mass is 19.1. The van der Waals surface area contributed by atoms with Gasteiger partial charge in [0, 0.05) is 24.0 Å². The Bertz CT molecular complexity index is 926. The molecule has 0 aliphatic carbocycles. The quantitative estimate of drug-likeness (QED) is 0.442. The molecule has 0 radical (unpaired) electrons. The van der Waals surface area contributed by atoms with Crippen LogP contribution < -0.4 is 9.80 Å². The molecule has 0 N–H and O–H groups in total. The average molecular weight is 413 g/mol. The molecule has 0 saturated carbocycles. The molecule has 6 nitrogen and oxygen atoms in total. The zero-order chi connectivity index (χ0) is 21.5. The third-order valence-electron chi connectivity index (χ3n) is 4.67. The minimum atomic E-state index is -0.768. The predicted molar refractivity (Wildman–Crippen MR) is 110 cm³/mol. The van der Waals surface area contributed by atoms with E-state index in [1.807, 2.05) is 19.1 Å². The summed E-state index contributed by atoms with van der Waals surface area (Å²) >= 11 is 0. The van der Waals surface area contributed by atoms with E-state index < -0.39 is 17.9 Å². The standard InChI is InChI=1S/C23H24FNO5/c1-3-6-21(27)30-25-15-18(16-9-11-17(28-2)12-10-16)23(29-14-5-13-26)22-19(24)7-4-8-20(22)25/h4,7-13,15,23H,3,5-6,14H2,1-2H3. The molecule has 0 amide bonds. The number of hydroxylamine groups is 1. The van der Waals surface area contributed by atoms with Crippen molar-refractivity contribution < 1.29 is 28.3 Å². The van der Waals surface area contributed by atoms with E-state index in [1.54, 1.807) is 37.6 Å². The first-order valence-electron chi connectivity index (χ1n) is 9.78. The lowest BCUT2D eigenvalue weighted by molar-refractivity contribution is -0.144. The molecule has 2 aromatic carbocycles. The molecule has 1 aliphatic rings. The molecule has 158 valence electrons. The fourth-order valence-electron chi connectivity index (χ4n) is 3.25. The van der Waals surface area contributed by atoms with Crippen molar-refractivity contribution in [3.05, 3.63) is 65.6 Å². The van der Waals surface area contributed by atoms with Gasteiger partial charge < -0.3 is 19.1 Å². The number of carbonyl (C=O) groups is 2. The van der Waals surface area contributed by atoms with E-state index in [4.69, 9.17) is 14.3 Å². The van der Waals surface area contributed by atoms with Crippen LogP contribution in [0.4, 0.5) is 10.1 Å². The topological polar surface area (TPSA) is 65.1 Å². The molecule has 1 atom stereocenters. The van der Waals surface area contributed by atoms with E-state index in [1.165, 1.54) is 11.1 Å². The molecule has 0 saturated heterocycles. The number of rotatable bonds is 9. The van der Waals surface area contributed by atoms with Crippen molar-refractivity contribution in [3.63, 3.8) is 0 Å². The van der Waals surface area contributed by atoms with Gasteiger partial charge in [0.2, 0.25) is 0 Å². The van der Waals surface area contributed by atoms with Gasteiger partial charge in [-0.3, -0.25) is 0 Å². The Labute approximate surface area is 174 Å². The molecule has 0 aromatic heterocycles.